The van der Waals surface area contributed by atoms with Crippen molar-refractivity contribution in [2.75, 3.05) is 13.7 Å². The number of methoxy groups -OCH3 is 1. The van der Waals surface area contributed by atoms with Crippen LogP contribution in [0.25, 0.3) is 0 Å². The third-order valence-corrected chi connectivity index (χ3v) is 2.57. The fourth-order valence-corrected chi connectivity index (χ4v) is 1.56. The van der Waals surface area contributed by atoms with E-state index in [1.54, 1.807) is 37.5 Å². The molecule has 0 aliphatic rings. The predicted octanol–water partition coefficient (Wildman–Crippen LogP) is 3.58. The SMILES string of the molecule is C=C/C=C(\C=C)CCOc1ccc(C=O)cc1OC. The molecule has 0 unspecified atom stereocenters. The third-order valence-electron chi connectivity index (χ3n) is 2.57. The highest BCUT2D eigenvalue weighted by Gasteiger charge is 2.05. The number of rotatable bonds is 8. The minimum atomic E-state index is 0.502. The van der Waals surface area contributed by atoms with Crippen molar-refractivity contribution in [1.29, 1.82) is 0 Å². The van der Waals surface area contributed by atoms with Crippen LogP contribution in [0.1, 0.15) is 16.8 Å². The van der Waals surface area contributed by atoms with Crippen molar-refractivity contribution in [3.05, 3.63) is 60.7 Å². The van der Waals surface area contributed by atoms with Crippen LogP contribution in [0.5, 0.6) is 11.5 Å². The maximum atomic E-state index is 10.7. The predicted molar refractivity (Wildman–Crippen MR) is 77.0 cm³/mol. The molecule has 0 bridgehead atoms. The van der Waals surface area contributed by atoms with E-state index in [4.69, 9.17) is 9.47 Å². The number of allylic oxidation sites excluding steroid dienone is 3. The minimum Gasteiger partial charge on any atom is -0.493 e. The highest BCUT2D eigenvalue weighted by Crippen LogP contribution is 2.27. The summed E-state index contributed by atoms with van der Waals surface area (Å²) in [7, 11) is 1.55. The lowest BCUT2D eigenvalue weighted by atomic mass is 10.2. The Morgan fingerprint density at radius 3 is 2.68 bits per heavy atom. The molecule has 0 aliphatic carbocycles. The van der Waals surface area contributed by atoms with Crippen molar-refractivity contribution in [3.63, 3.8) is 0 Å². The lowest BCUT2D eigenvalue weighted by Gasteiger charge is -2.11. The number of aldehydes is 1. The summed E-state index contributed by atoms with van der Waals surface area (Å²) < 4.78 is 10.8. The van der Waals surface area contributed by atoms with E-state index in [1.807, 2.05) is 6.08 Å². The molecule has 19 heavy (non-hydrogen) atoms. The molecule has 1 aromatic carbocycles. The van der Waals surface area contributed by atoms with Crippen molar-refractivity contribution >= 4 is 6.29 Å². The van der Waals surface area contributed by atoms with Crippen molar-refractivity contribution in [3.8, 4) is 11.5 Å². The van der Waals surface area contributed by atoms with E-state index in [1.165, 1.54) is 0 Å². The van der Waals surface area contributed by atoms with Gasteiger partial charge in [0.25, 0.3) is 0 Å². The third kappa shape index (κ3) is 4.47. The smallest absolute Gasteiger partial charge is 0.161 e. The molecule has 0 heterocycles. The number of benzene rings is 1. The van der Waals surface area contributed by atoms with Crippen LogP contribution in [0.2, 0.25) is 0 Å². The Morgan fingerprint density at radius 2 is 2.11 bits per heavy atom. The second-order valence-corrected chi connectivity index (χ2v) is 3.81. The Kier molecular flexibility index (Phi) is 6.16. The zero-order chi connectivity index (χ0) is 14.1. The molecule has 0 saturated carbocycles. The topological polar surface area (TPSA) is 35.5 Å². The molecule has 0 fully saturated rings. The van der Waals surface area contributed by atoms with Crippen LogP contribution in [-0.2, 0) is 0 Å². The molecule has 0 spiro atoms. The number of carbonyl (C=O) groups is 1. The van der Waals surface area contributed by atoms with E-state index < -0.39 is 0 Å². The van der Waals surface area contributed by atoms with E-state index in [0.717, 1.165) is 18.3 Å². The van der Waals surface area contributed by atoms with E-state index >= 15 is 0 Å². The molecule has 0 saturated heterocycles. The summed E-state index contributed by atoms with van der Waals surface area (Å²) in [6, 6.07) is 5.07. The van der Waals surface area contributed by atoms with Gasteiger partial charge in [-0.3, -0.25) is 4.79 Å². The first-order valence-electron chi connectivity index (χ1n) is 5.95. The summed E-state index contributed by atoms with van der Waals surface area (Å²) in [5.41, 5.74) is 1.61. The lowest BCUT2D eigenvalue weighted by Crippen LogP contribution is -2.00. The molecular weight excluding hydrogens is 240 g/mol. The average Bonchev–Trinajstić information content (AvgIpc) is 2.46. The molecule has 0 radical (unpaired) electrons. The summed E-state index contributed by atoms with van der Waals surface area (Å²) in [4.78, 5) is 10.7. The number of hydrogen-bond donors (Lipinski definition) is 0. The molecule has 3 heteroatoms. The lowest BCUT2D eigenvalue weighted by molar-refractivity contribution is 0.112. The van der Waals surface area contributed by atoms with Crippen molar-refractivity contribution < 1.29 is 14.3 Å². The number of hydrogen-bond acceptors (Lipinski definition) is 3. The van der Waals surface area contributed by atoms with Gasteiger partial charge in [0, 0.05) is 12.0 Å². The Morgan fingerprint density at radius 1 is 1.32 bits per heavy atom. The van der Waals surface area contributed by atoms with E-state index in [9.17, 15) is 4.79 Å². The van der Waals surface area contributed by atoms with E-state index in [2.05, 4.69) is 13.2 Å². The molecule has 0 amide bonds. The van der Waals surface area contributed by atoms with Crippen LogP contribution in [0, 0.1) is 0 Å². The van der Waals surface area contributed by atoms with Gasteiger partial charge in [-0.1, -0.05) is 31.4 Å². The van der Waals surface area contributed by atoms with Crippen LogP contribution < -0.4 is 9.47 Å². The van der Waals surface area contributed by atoms with E-state index in [-0.39, 0.29) is 0 Å². The zero-order valence-corrected chi connectivity index (χ0v) is 11.1. The van der Waals surface area contributed by atoms with Crippen LogP contribution in [0.15, 0.2) is 55.2 Å². The summed E-state index contributed by atoms with van der Waals surface area (Å²) in [6.07, 6.45) is 6.89. The van der Waals surface area contributed by atoms with Crippen LogP contribution in [0.3, 0.4) is 0 Å². The highest BCUT2D eigenvalue weighted by atomic mass is 16.5. The first-order chi connectivity index (χ1) is 9.24. The molecule has 0 aliphatic heterocycles. The monoisotopic (exact) mass is 258 g/mol. The van der Waals surface area contributed by atoms with Gasteiger partial charge in [0.2, 0.25) is 0 Å². The minimum absolute atomic E-state index is 0.502. The Balaban J connectivity index is 2.67. The standard InChI is InChI=1S/C16H18O3/c1-4-6-13(5-2)9-10-19-15-8-7-14(12-17)11-16(15)18-3/h4-8,11-12H,1-2,9-10H2,3H3/b13-6+. The zero-order valence-electron chi connectivity index (χ0n) is 11.1. The van der Waals surface area contributed by atoms with Gasteiger partial charge < -0.3 is 9.47 Å². The van der Waals surface area contributed by atoms with Crippen LogP contribution in [-0.4, -0.2) is 20.0 Å². The Labute approximate surface area is 113 Å². The Hall–Kier alpha value is -2.29. The fourth-order valence-electron chi connectivity index (χ4n) is 1.56. The average molecular weight is 258 g/mol. The maximum Gasteiger partial charge on any atom is 0.161 e. The largest absolute Gasteiger partial charge is 0.493 e. The number of ether oxygens (including phenoxy) is 2. The molecule has 3 nitrogen and oxygen atoms in total. The molecule has 0 N–H and O–H groups in total. The van der Waals surface area contributed by atoms with Gasteiger partial charge in [-0.15, -0.1) is 0 Å². The molecular formula is C16H18O3. The van der Waals surface area contributed by atoms with Crippen molar-refractivity contribution in [1.82, 2.24) is 0 Å². The van der Waals surface area contributed by atoms with Crippen molar-refractivity contribution in [2.45, 2.75) is 6.42 Å². The molecule has 1 rings (SSSR count). The second-order valence-electron chi connectivity index (χ2n) is 3.81. The normalized spacial score (nSPS) is 10.7. The van der Waals surface area contributed by atoms with Gasteiger partial charge in [0.15, 0.2) is 11.5 Å². The quantitative estimate of drug-likeness (QED) is 0.528. The van der Waals surface area contributed by atoms with Gasteiger partial charge in [-0.25, -0.2) is 0 Å². The maximum absolute atomic E-state index is 10.7. The summed E-state index contributed by atoms with van der Waals surface area (Å²) >= 11 is 0. The molecule has 100 valence electrons. The van der Waals surface area contributed by atoms with Gasteiger partial charge in [0.05, 0.1) is 13.7 Å². The fraction of sp³-hybridized carbons (Fsp3) is 0.188. The highest BCUT2D eigenvalue weighted by molar-refractivity contribution is 5.76. The van der Waals surface area contributed by atoms with Crippen molar-refractivity contribution in [2.24, 2.45) is 0 Å². The molecule has 0 atom stereocenters. The van der Waals surface area contributed by atoms with E-state index in [0.29, 0.717) is 23.7 Å². The van der Waals surface area contributed by atoms with Gasteiger partial charge >= 0.3 is 0 Å². The summed E-state index contributed by atoms with van der Waals surface area (Å²) in [5, 5.41) is 0. The first-order valence-corrected chi connectivity index (χ1v) is 5.95. The first kappa shape index (κ1) is 14.8. The van der Waals surface area contributed by atoms with Gasteiger partial charge in [0.1, 0.15) is 6.29 Å². The summed E-state index contributed by atoms with van der Waals surface area (Å²) in [6.45, 7) is 7.87. The second kappa shape index (κ2) is 7.93. The summed E-state index contributed by atoms with van der Waals surface area (Å²) in [5.74, 6) is 1.17. The van der Waals surface area contributed by atoms with Crippen LogP contribution in [0.4, 0.5) is 0 Å². The Bertz CT molecular complexity index is 487. The molecule has 1 aromatic rings. The van der Waals surface area contributed by atoms with Gasteiger partial charge in [-0.2, -0.15) is 0 Å². The van der Waals surface area contributed by atoms with Crippen LogP contribution >= 0.6 is 0 Å². The number of carbonyl (C=O) groups excluding carboxylic acids is 1. The van der Waals surface area contributed by atoms with Gasteiger partial charge in [-0.05, 0) is 23.8 Å². The molecule has 0 aromatic heterocycles.